The van der Waals surface area contributed by atoms with E-state index in [4.69, 9.17) is 4.74 Å². The van der Waals surface area contributed by atoms with E-state index in [1.54, 1.807) is 27.0 Å². The molecular formula is C19H24N2O4. The van der Waals surface area contributed by atoms with Crippen molar-refractivity contribution in [3.05, 3.63) is 42.2 Å². The summed E-state index contributed by atoms with van der Waals surface area (Å²) >= 11 is 0. The SMILES string of the molecule is CC(C)(C)OC(=O)NC(CCCc1nccc2ccccc12)C(=O)O. The molecule has 1 unspecified atom stereocenters. The molecule has 0 aliphatic carbocycles. The molecule has 1 amide bonds. The number of carbonyl (C=O) groups is 2. The Hall–Kier alpha value is -2.63. The minimum Gasteiger partial charge on any atom is -0.480 e. The summed E-state index contributed by atoms with van der Waals surface area (Å²) in [5.74, 6) is -1.07. The van der Waals surface area contributed by atoms with Gasteiger partial charge in [-0.15, -0.1) is 0 Å². The number of fused-ring (bicyclic) bond motifs is 1. The van der Waals surface area contributed by atoms with Crippen LogP contribution in [0.5, 0.6) is 0 Å². The van der Waals surface area contributed by atoms with E-state index in [9.17, 15) is 14.7 Å². The molecule has 0 bridgehead atoms. The molecule has 1 aromatic heterocycles. The first-order chi connectivity index (χ1) is 11.8. The molecule has 134 valence electrons. The highest BCUT2D eigenvalue weighted by atomic mass is 16.6. The number of hydrogen-bond donors (Lipinski definition) is 2. The van der Waals surface area contributed by atoms with E-state index < -0.39 is 23.7 Å². The first-order valence-electron chi connectivity index (χ1n) is 8.31. The molecule has 0 aliphatic rings. The smallest absolute Gasteiger partial charge is 0.408 e. The zero-order chi connectivity index (χ0) is 18.4. The van der Waals surface area contributed by atoms with Gasteiger partial charge in [0.15, 0.2) is 0 Å². The maximum atomic E-state index is 11.8. The Morgan fingerprint density at radius 3 is 2.64 bits per heavy atom. The number of rotatable bonds is 6. The summed E-state index contributed by atoms with van der Waals surface area (Å²) in [5.41, 5.74) is 0.263. The number of alkyl carbamates (subject to hydrolysis) is 1. The minimum absolute atomic E-state index is 0.305. The third-order valence-electron chi connectivity index (χ3n) is 3.65. The van der Waals surface area contributed by atoms with Crippen LogP contribution in [0.1, 0.15) is 39.3 Å². The number of ether oxygens (including phenoxy) is 1. The van der Waals surface area contributed by atoms with Gasteiger partial charge in [-0.3, -0.25) is 4.98 Å². The zero-order valence-corrected chi connectivity index (χ0v) is 14.8. The van der Waals surface area contributed by atoms with Crippen LogP contribution in [-0.4, -0.2) is 33.8 Å². The number of aryl methyl sites for hydroxylation is 1. The molecule has 1 heterocycles. The molecule has 6 heteroatoms. The van der Waals surface area contributed by atoms with Gasteiger partial charge in [-0.2, -0.15) is 0 Å². The van der Waals surface area contributed by atoms with E-state index in [1.165, 1.54) is 0 Å². The zero-order valence-electron chi connectivity index (χ0n) is 14.8. The maximum Gasteiger partial charge on any atom is 0.408 e. The number of amides is 1. The van der Waals surface area contributed by atoms with Gasteiger partial charge >= 0.3 is 12.1 Å². The molecule has 0 radical (unpaired) electrons. The number of benzene rings is 1. The first kappa shape index (κ1) is 18.7. The highest BCUT2D eigenvalue weighted by Gasteiger charge is 2.23. The first-order valence-corrected chi connectivity index (χ1v) is 8.31. The van der Waals surface area contributed by atoms with Crippen LogP contribution in [0.4, 0.5) is 4.79 Å². The number of aromatic nitrogens is 1. The predicted octanol–water partition coefficient (Wildman–Crippen LogP) is 3.54. The fraction of sp³-hybridized carbons (Fsp3) is 0.421. The van der Waals surface area contributed by atoms with Gasteiger partial charge in [0.1, 0.15) is 11.6 Å². The van der Waals surface area contributed by atoms with Crippen LogP contribution in [0.2, 0.25) is 0 Å². The molecule has 0 aliphatic heterocycles. The Balaban J connectivity index is 1.95. The second-order valence-electron chi connectivity index (χ2n) is 6.91. The fourth-order valence-electron chi connectivity index (χ4n) is 2.56. The highest BCUT2D eigenvalue weighted by molar-refractivity contribution is 5.84. The van der Waals surface area contributed by atoms with Gasteiger partial charge in [0.05, 0.1) is 0 Å². The number of carbonyl (C=O) groups excluding carboxylic acids is 1. The largest absolute Gasteiger partial charge is 0.480 e. The molecule has 0 saturated heterocycles. The Bertz CT molecular complexity index is 747. The van der Waals surface area contributed by atoms with E-state index in [-0.39, 0.29) is 0 Å². The Labute approximate surface area is 147 Å². The molecule has 2 N–H and O–H groups in total. The summed E-state index contributed by atoms with van der Waals surface area (Å²) in [6, 6.07) is 8.92. The van der Waals surface area contributed by atoms with Gasteiger partial charge < -0.3 is 15.2 Å². The number of carboxylic acids is 1. The van der Waals surface area contributed by atoms with Crippen molar-refractivity contribution in [3.8, 4) is 0 Å². The molecule has 0 fully saturated rings. The van der Waals surface area contributed by atoms with E-state index in [2.05, 4.69) is 10.3 Å². The van der Waals surface area contributed by atoms with Crippen LogP contribution in [-0.2, 0) is 16.0 Å². The van der Waals surface area contributed by atoms with Crippen molar-refractivity contribution >= 4 is 22.8 Å². The molecule has 1 aromatic carbocycles. The van der Waals surface area contributed by atoms with Gasteiger partial charge in [0.25, 0.3) is 0 Å². The summed E-state index contributed by atoms with van der Waals surface area (Å²) < 4.78 is 5.11. The third kappa shape index (κ3) is 5.74. The Kier molecular flexibility index (Phi) is 5.96. The monoisotopic (exact) mass is 344 g/mol. The molecule has 2 aromatic rings. The van der Waals surface area contributed by atoms with E-state index >= 15 is 0 Å². The number of carboxylic acid groups (broad SMARTS) is 1. The molecule has 0 saturated carbocycles. The quantitative estimate of drug-likeness (QED) is 0.837. The van der Waals surface area contributed by atoms with Crippen molar-refractivity contribution in [2.24, 2.45) is 0 Å². The second-order valence-corrected chi connectivity index (χ2v) is 6.91. The van der Waals surface area contributed by atoms with Crippen LogP contribution >= 0.6 is 0 Å². The Morgan fingerprint density at radius 2 is 1.96 bits per heavy atom. The molecule has 1 atom stereocenters. The van der Waals surface area contributed by atoms with Gasteiger partial charge in [-0.05, 0) is 51.5 Å². The molecule has 2 rings (SSSR count). The van der Waals surface area contributed by atoms with E-state index in [0.717, 1.165) is 16.5 Å². The van der Waals surface area contributed by atoms with Crippen LogP contribution in [0.15, 0.2) is 36.5 Å². The molecular weight excluding hydrogens is 320 g/mol. The maximum absolute atomic E-state index is 11.8. The Morgan fingerprint density at radius 1 is 1.24 bits per heavy atom. The van der Waals surface area contributed by atoms with E-state index in [0.29, 0.717) is 19.3 Å². The van der Waals surface area contributed by atoms with E-state index in [1.807, 2.05) is 30.3 Å². The van der Waals surface area contributed by atoms with Crippen LogP contribution in [0.3, 0.4) is 0 Å². The van der Waals surface area contributed by atoms with Gasteiger partial charge in [-0.1, -0.05) is 24.3 Å². The van der Waals surface area contributed by atoms with Crippen LogP contribution in [0.25, 0.3) is 10.8 Å². The van der Waals surface area contributed by atoms with Crippen molar-refractivity contribution in [2.75, 3.05) is 0 Å². The molecule has 6 nitrogen and oxygen atoms in total. The summed E-state index contributed by atoms with van der Waals surface area (Å²) in [5, 5.41) is 13.9. The highest BCUT2D eigenvalue weighted by Crippen LogP contribution is 2.18. The number of hydrogen-bond acceptors (Lipinski definition) is 4. The van der Waals surface area contributed by atoms with Crippen molar-refractivity contribution in [3.63, 3.8) is 0 Å². The van der Waals surface area contributed by atoms with Crippen molar-refractivity contribution in [1.29, 1.82) is 0 Å². The lowest BCUT2D eigenvalue weighted by molar-refractivity contribution is -0.139. The average molecular weight is 344 g/mol. The molecule has 25 heavy (non-hydrogen) atoms. The summed E-state index contributed by atoms with van der Waals surface area (Å²) in [4.78, 5) is 27.5. The average Bonchev–Trinajstić information content (AvgIpc) is 2.52. The fourth-order valence-corrected chi connectivity index (χ4v) is 2.56. The van der Waals surface area contributed by atoms with Gasteiger partial charge in [0.2, 0.25) is 0 Å². The van der Waals surface area contributed by atoms with Gasteiger partial charge in [0, 0.05) is 17.3 Å². The summed E-state index contributed by atoms with van der Waals surface area (Å²) in [6.07, 6.45) is 2.57. The van der Waals surface area contributed by atoms with Crippen LogP contribution in [0, 0.1) is 0 Å². The number of aliphatic carboxylic acids is 1. The summed E-state index contributed by atoms with van der Waals surface area (Å²) in [6.45, 7) is 5.19. The van der Waals surface area contributed by atoms with Crippen LogP contribution < -0.4 is 5.32 Å². The third-order valence-corrected chi connectivity index (χ3v) is 3.65. The number of pyridine rings is 1. The van der Waals surface area contributed by atoms with Gasteiger partial charge in [-0.25, -0.2) is 9.59 Å². The minimum atomic E-state index is -1.07. The summed E-state index contributed by atoms with van der Waals surface area (Å²) in [7, 11) is 0. The van der Waals surface area contributed by atoms with Crippen molar-refractivity contribution < 1.29 is 19.4 Å². The van der Waals surface area contributed by atoms with Crippen molar-refractivity contribution in [2.45, 2.75) is 51.7 Å². The standard InChI is InChI=1S/C19H24N2O4/c1-19(2,3)25-18(24)21-16(17(22)23)10-6-9-15-14-8-5-4-7-13(14)11-12-20-15/h4-5,7-8,11-12,16H,6,9-10H2,1-3H3,(H,21,24)(H,22,23). The normalized spacial score (nSPS) is 12.6. The lowest BCUT2D eigenvalue weighted by atomic mass is 10.0. The molecule has 0 spiro atoms. The lowest BCUT2D eigenvalue weighted by Gasteiger charge is -2.22. The lowest BCUT2D eigenvalue weighted by Crippen LogP contribution is -2.43. The predicted molar refractivity (Wildman–Crippen MR) is 95.5 cm³/mol. The second kappa shape index (κ2) is 7.96. The number of nitrogens with one attached hydrogen (secondary N) is 1. The van der Waals surface area contributed by atoms with Crippen molar-refractivity contribution in [1.82, 2.24) is 10.3 Å². The number of nitrogens with zero attached hydrogens (tertiary/aromatic N) is 1. The topological polar surface area (TPSA) is 88.5 Å².